The fourth-order valence-electron chi connectivity index (χ4n) is 7.53. The van der Waals surface area contributed by atoms with Crippen LogP contribution in [0.3, 0.4) is 0 Å². The van der Waals surface area contributed by atoms with Crippen molar-refractivity contribution in [2.45, 2.75) is 271 Å². The molecule has 364 valence electrons. The summed E-state index contributed by atoms with van der Waals surface area (Å²) in [4.78, 5) is 37.8. The molecule has 0 amide bonds. The molecule has 0 aromatic carbocycles. The molecule has 0 radical (unpaired) electrons. The van der Waals surface area contributed by atoms with Gasteiger partial charge in [-0.2, -0.15) is 0 Å². The molecule has 0 aliphatic carbocycles. The summed E-state index contributed by atoms with van der Waals surface area (Å²) in [5, 5.41) is 0. The third-order valence-corrected chi connectivity index (χ3v) is 11.5. The fraction of sp³-hybridized carbons (Fsp3) is 0.772. The van der Waals surface area contributed by atoms with Crippen molar-refractivity contribution in [3.05, 3.63) is 60.8 Å². The van der Waals surface area contributed by atoms with Gasteiger partial charge in [-0.1, -0.05) is 242 Å². The molecule has 63 heavy (non-hydrogen) atoms. The van der Waals surface area contributed by atoms with E-state index >= 15 is 0 Å². The molecular weight excluding hydrogens is 781 g/mol. The maximum atomic E-state index is 12.7. The van der Waals surface area contributed by atoms with E-state index in [0.717, 1.165) is 96.3 Å². The van der Waals surface area contributed by atoms with Crippen LogP contribution >= 0.6 is 0 Å². The van der Waals surface area contributed by atoms with Crippen LogP contribution in [0.25, 0.3) is 0 Å². The van der Waals surface area contributed by atoms with Gasteiger partial charge >= 0.3 is 17.9 Å². The summed E-state index contributed by atoms with van der Waals surface area (Å²) >= 11 is 0. The van der Waals surface area contributed by atoms with Crippen molar-refractivity contribution in [1.29, 1.82) is 0 Å². The van der Waals surface area contributed by atoms with Gasteiger partial charge in [-0.05, 0) is 64.2 Å². The van der Waals surface area contributed by atoms with Crippen molar-refractivity contribution < 1.29 is 28.6 Å². The molecule has 6 nitrogen and oxygen atoms in total. The van der Waals surface area contributed by atoms with Gasteiger partial charge in [-0.15, -0.1) is 0 Å². The van der Waals surface area contributed by atoms with E-state index in [9.17, 15) is 14.4 Å². The standard InChI is InChI=1S/C57H100O6/c1-4-7-10-13-16-19-21-23-24-25-26-27-28-29-30-31-32-33-34-35-37-38-41-44-47-50-56(59)62-53-54(52-61-55(58)49-46-43-40-18-15-12-9-6-3)63-57(60)51-48-45-42-39-36-22-20-17-14-11-8-5-2/h7,10,16,19,23-24,26-27,29-30,54H,4-6,8-9,11-15,17-18,20-22,25,28,31-53H2,1-3H3/b10-7-,19-16-,24-23-,27-26-,30-29-. The van der Waals surface area contributed by atoms with Crippen LogP contribution < -0.4 is 0 Å². The number of hydrogen-bond acceptors (Lipinski definition) is 6. The SMILES string of the molecule is CC/C=C\C/C=C\C/C=C\C/C=C\C/C=C\CCCCCCCCCCCC(=O)OCC(COC(=O)CCCCCCCCCC)OC(=O)CCCCCCCCCCCCCC. The lowest BCUT2D eigenvalue weighted by molar-refractivity contribution is -0.167. The summed E-state index contributed by atoms with van der Waals surface area (Å²) in [6.45, 7) is 6.50. The first-order valence-electron chi connectivity index (χ1n) is 26.8. The second-order valence-electron chi connectivity index (χ2n) is 17.8. The Morgan fingerprint density at radius 3 is 0.968 bits per heavy atom. The first kappa shape index (κ1) is 60.1. The van der Waals surface area contributed by atoms with Gasteiger partial charge in [-0.3, -0.25) is 14.4 Å². The number of hydrogen-bond donors (Lipinski definition) is 0. The minimum atomic E-state index is -0.770. The maximum absolute atomic E-state index is 12.7. The molecule has 0 bridgehead atoms. The summed E-state index contributed by atoms with van der Waals surface area (Å²) in [7, 11) is 0. The molecule has 0 heterocycles. The van der Waals surface area contributed by atoms with Crippen molar-refractivity contribution in [2.75, 3.05) is 13.2 Å². The van der Waals surface area contributed by atoms with Gasteiger partial charge in [-0.25, -0.2) is 0 Å². The van der Waals surface area contributed by atoms with Gasteiger partial charge in [0.1, 0.15) is 13.2 Å². The zero-order valence-electron chi connectivity index (χ0n) is 41.6. The Morgan fingerprint density at radius 2 is 0.619 bits per heavy atom. The maximum Gasteiger partial charge on any atom is 0.306 e. The average molecular weight is 881 g/mol. The number of esters is 3. The van der Waals surface area contributed by atoms with Crippen molar-refractivity contribution >= 4 is 17.9 Å². The van der Waals surface area contributed by atoms with Crippen LogP contribution in [0.15, 0.2) is 60.8 Å². The number of ether oxygens (including phenoxy) is 3. The Morgan fingerprint density at radius 1 is 0.333 bits per heavy atom. The molecule has 0 fully saturated rings. The molecule has 0 N–H and O–H groups in total. The molecule has 0 saturated heterocycles. The summed E-state index contributed by atoms with van der Waals surface area (Å²) in [6.07, 6.45) is 63.6. The quantitative estimate of drug-likeness (QED) is 0.0262. The zero-order chi connectivity index (χ0) is 45.8. The highest BCUT2D eigenvalue weighted by atomic mass is 16.6. The van der Waals surface area contributed by atoms with Crippen LogP contribution in [-0.4, -0.2) is 37.2 Å². The van der Waals surface area contributed by atoms with Gasteiger partial charge in [0.25, 0.3) is 0 Å². The number of carbonyl (C=O) groups excluding carboxylic acids is 3. The molecule has 0 rings (SSSR count). The number of rotatable bonds is 48. The molecule has 0 aromatic rings. The van der Waals surface area contributed by atoms with Crippen molar-refractivity contribution in [1.82, 2.24) is 0 Å². The van der Waals surface area contributed by atoms with E-state index in [1.165, 1.54) is 128 Å². The van der Waals surface area contributed by atoms with Gasteiger partial charge in [0.15, 0.2) is 6.10 Å². The Balaban J connectivity index is 4.18. The average Bonchev–Trinajstić information content (AvgIpc) is 3.28. The smallest absolute Gasteiger partial charge is 0.306 e. The predicted molar refractivity (Wildman–Crippen MR) is 270 cm³/mol. The van der Waals surface area contributed by atoms with E-state index < -0.39 is 6.10 Å². The van der Waals surface area contributed by atoms with Crippen LogP contribution in [0.1, 0.15) is 265 Å². The summed E-state index contributed by atoms with van der Waals surface area (Å²) < 4.78 is 16.8. The van der Waals surface area contributed by atoms with E-state index in [2.05, 4.69) is 81.5 Å². The van der Waals surface area contributed by atoms with E-state index in [0.29, 0.717) is 19.3 Å². The van der Waals surface area contributed by atoms with Crippen LogP contribution in [0.5, 0.6) is 0 Å². The largest absolute Gasteiger partial charge is 0.462 e. The minimum absolute atomic E-state index is 0.0727. The van der Waals surface area contributed by atoms with E-state index in [4.69, 9.17) is 14.2 Å². The highest BCUT2D eigenvalue weighted by molar-refractivity contribution is 5.71. The molecule has 6 heteroatoms. The Labute approximate surface area is 390 Å². The summed E-state index contributed by atoms with van der Waals surface area (Å²) in [6, 6.07) is 0. The summed E-state index contributed by atoms with van der Waals surface area (Å²) in [5.41, 5.74) is 0. The van der Waals surface area contributed by atoms with Gasteiger partial charge in [0, 0.05) is 19.3 Å². The van der Waals surface area contributed by atoms with Crippen LogP contribution in [0.2, 0.25) is 0 Å². The lowest BCUT2D eigenvalue weighted by atomic mass is 10.0. The first-order valence-corrected chi connectivity index (χ1v) is 26.8. The molecule has 1 unspecified atom stereocenters. The molecule has 0 aliphatic rings. The van der Waals surface area contributed by atoms with Gasteiger partial charge in [0.05, 0.1) is 0 Å². The molecule has 0 aromatic heterocycles. The second-order valence-corrected chi connectivity index (χ2v) is 17.8. The normalized spacial score (nSPS) is 12.5. The molecule has 0 aliphatic heterocycles. The van der Waals surface area contributed by atoms with Crippen LogP contribution in [0.4, 0.5) is 0 Å². The third kappa shape index (κ3) is 50.0. The second kappa shape index (κ2) is 51.7. The first-order chi connectivity index (χ1) is 31.0. The predicted octanol–water partition coefficient (Wildman–Crippen LogP) is 17.6. The number of allylic oxidation sites excluding steroid dienone is 10. The number of unbranched alkanes of at least 4 members (excludes halogenated alkanes) is 27. The summed E-state index contributed by atoms with van der Waals surface area (Å²) in [5.74, 6) is -0.877. The highest BCUT2D eigenvalue weighted by Crippen LogP contribution is 2.15. The minimum Gasteiger partial charge on any atom is -0.462 e. The van der Waals surface area contributed by atoms with Gasteiger partial charge < -0.3 is 14.2 Å². The van der Waals surface area contributed by atoms with Gasteiger partial charge in [0.2, 0.25) is 0 Å². The lowest BCUT2D eigenvalue weighted by Gasteiger charge is -2.18. The molecular formula is C57H100O6. The zero-order valence-corrected chi connectivity index (χ0v) is 41.6. The van der Waals surface area contributed by atoms with E-state index in [-0.39, 0.29) is 31.1 Å². The van der Waals surface area contributed by atoms with Crippen molar-refractivity contribution in [3.63, 3.8) is 0 Å². The van der Waals surface area contributed by atoms with Crippen LogP contribution in [0, 0.1) is 0 Å². The topological polar surface area (TPSA) is 78.9 Å². The fourth-order valence-corrected chi connectivity index (χ4v) is 7.53. The van der Waals surface area contributed by atoms with Crippen LogP contribution in [-0.2, 0) is 28.6 Å². The Bertz CT molecular complexity index is 1150. The monoisotopic (exact) mass is 881 g/mol. The molecule has 0 saturated carbocycles. The van der Waals surface area contributed by atoms with Crippen molar-refractivity contribution in [2.24, 2.45) is 0 Å². The van der Waals surface area contributed by atoms with Crippen molar-refractivity contribution in [3.8, 4) is 0 Å². The number of carbonyl (C=O) groups is 3. The lowest BCUT2D eigenvalue weighted by Crippen LogP contribution is -2.30. The Hall–Kier alpha value is -2.89. The molecule has 1 atom stereocenters. The Kier molecular flexibility index (Phi) is 49.4. The van der Waals surface area contributed by atoms with E-state index in [1.54, 1.807) is 0 Å². The molecule has 0 spiro atoms. The van der Waals surface area contributed by atoms with E-state index in [1.807, 2.05) is 0 Å². The highest BCUT2D eigenvalue weighted by Gasteiger charge is 2.19. The third-order valence-electron chi connectivity index (χ3n) is 11.5.